The van der Waals surface area contributed by atoms with Gasteiger partial charge in [0.1, 0.15) is 0 Å². The molecule has 1 aromatic carbocycles. The van der Waals surface area contributed by atoms with Crippen molar-refractivity contribution >= 4 is 24.2 Å². The zero-order valence-electron chi connectivity index (χ0n) is 11.4. The van der Waals surface area contributed by atoms with Crippen molar-refractivity contribution in [3.05, 3.63) is 34.9 Å². The molecule has 0 unspecified atom stereocenters. The number of thiol groups is 1. The first-order valence-electron chi connectivity index (χ1n) is 7.17. The van der Waals surface area contributed by atoms with Crippen LogP contribution in [-0.4, -0.2) is 12.4 Å². The van der Waals surface area contributed by atoms with Crippen LogP contribution in [0.15, 0.2) is 24.3 Å². The monoisotopic (exact) mass is 298 g/mol. The van der Waals surface area contributed by atoms with Crippen LogP contribution in [0.2, 0.25) is 5.02 Å². The maximum Gasteiger partial charge on any atom is 0.0717 e. The van der Waals surface area contributed by atoms with E-state index in [1.54, 1.807) is 0 Å². The van der Waals surface area contributed by atoms with E-state index >= 15 is 0 Å². The van der Waals surface area contributed by atoms with E-state index in [2.05, 4.69) is 18.7 Å². The molecule has 0 saturated heterocycles. The molecule has 1 fully saturated rings. The average Bonchev–Trinajstić information content (AvgIpc) is 2.65. The van der Waals surface area contributed by atoms with Gasteiger partial charge in [-0.1, -0.05) is 49.4 Å². The molecule has 19 heavy (non-hydrogen) atoms. The lowest BCUT2D eigenvalue weighted by Crippen LogP contribution is -2.28. The molecule has 1 nitrogen and oxygen atoms in total. The number of ether oxygens (including phenoxy) is 1. The summed E-state index contributed by atoms with van der Waals surface area (Å²) in [6.45, 7) is 1.47. The van der Waals surface area contributed by atoms with E-state index in [1.807, 2.05) is 18.2 Å². The first-order valence-corrected chi connectivity index (χ1v) is 8.18. The third-order valence-electron chi connectivity index (χ3n) is 4.07. The molecule has 0 bridgehead atoms. The van der Waals surface area contributed by atoms with Crippen LogP contribution in [0.5, 0.6) is 0 Å². The van der Waals surface area contributed by atoms with E-state index in [9.17, 15) is 0 Å². The van der Waals surface area contributed by atoms with Crippen LogP contribution >= 0.6 is 24.2 Å². The van der Waals surface area contributed by atoms with Gasteiger partial charge in [-0.2, -0.15) is 12.6 Å². The van der Waals surface area contributed by atoms with Crippen molar-refractivity contribution in [2.24, 2.45) is 5.41 Å². The maximum atomic E-state index is 5.98. The summed E-state index contributed by atoms with van der Waals surface area (Å²) in [7, 11) is 0. The fourth-order valence-corrected chi connectivity index (χ4v) is 3.46. The number of hydrogen-bond donors (Lipinski definition) is 1. The fourth-order valence-electron chi connectivity index (χ4n) is 2.84. The summed E-state index contributed by atoms with van der Waals surface area (Å²) in [6.07, 6.45) is 7.88. The van der Waals surface area contributed by atoms with Gasteiger partial charge in [-0.05, 0) is 36.3 Å². The van der Waals surface area contributed by atoms with E-state index in [-0.39, 0.29) is 5.41 Å². The van der Waals surface area contributed by atoms with E-state index in [4.69, 9.17) is 16.3 Å². The largest absolute Gasteiger partial charge is 0.376 e. The lowest BCUT2D eigenvalue weighted by Gasteiger charge is -2.30. The summed E-state index contributed by atoms with van der Waals surface area (Å²) in [5, 5.41) is 0.777. The molecule has 0 aromatic heterocycles. The Hall–Kier alpha value is -0.180. The highest BCUT2D eigenvalue weighted by molar-refractivity contribution is 7.80. The number of benzene rings is 1. The molecular formula is C16H23ClOS. The SMILES string of the molecule is SCC1(COCc2cccc(Cl)c2)CCCCCC1. The summed E-state index contributed by atoms with van der Waals surface area (Å²) in [4.78, 5) is 0. The lowest BCUT2D eigenvalue weighted by atomic mass is 9.83. The predicted molar refractivity (Wildman–Crippen MR) is 85.1 cm³/mol. The zero-order chi connectivity index (χ0) is 13.6. The number of halogens is 1. The van der Waals surface area contributed by atoms with E-state index in [1.165, 1.54) is 38.5 Å². The Balaban J connectivity index is 1.85. The first kappa shape index (κ1) is 15.2. The van der Waals surface area contributed by atoms with Gasteiger partial charge < -0.3 is 4.74 Å². The quantitative estimate of drug-likeness (QED) is 0.586. The molecule has 1 aromatic rings. The van der Waals surface area contributed by atoms with Crippen molar-refractivity contribution in [1.29, 1.82) is 0 Å². The molecule has 3 heteroatoms. The highest BCUT2D eigenvalue weighted by atomic mass is 35.5. The molecule has 0 heterocycles. The minimum absolute atomic E-state index is 0.290. The van der Waals surface area contributed by atoms with Gasteiger partial charge in [-0.15, -0.1) is 0 Å². The lowest BCUT2D eigenvalue weighted by molar-refractivity contribution is 0.0370. The summed E-state index contributed by atoms with van der Waals surface area (Å²) in [6, 6.07) is 7.90. The molecule has 0 spiro atoms. The minimum Gasteiger partial charge on any atom is -0.376 e. The van der Waals surface area contributed by atoms with Gasteiger partial charge in [0.2, 0.25) is 0 Å². The van der Waals surface area contributed by atoms with Gasteiger partial charge in [-0.25, -0.2) is 0 Å². The van der Waals surface area contributed by atoms with Crippen molar-refractivity contribution in [3.63, 3.8) is 0 Å². The Morgan fingerprint density at radius 1 is 1.16 bits per heavy atom. The maximum absolute atomic E-state index is 5.98. The summed E-state index contributed by atoms with van der Waals surface area (Å²) in [5.41, 5.74) is 1.44. The third kappa shape index (κ3) is 4.70. The van der Waals surface area contributed by atoms with Crippen LogP contribution < -0.4 is 0 Å². The molecule has 106 valence electrons. The van der Waals surface area contributed by atoms with E-state index < -0.39 is 0 Å². The van der Waals surface area contributed by atoms with Crippen LogP contribution in [0.4, 0.5) is 0 Å². The fraction of sp³-hybridized carbons (Fsp3) is 0.625. The first-order chi connectivity index (χ1) is 9.24. The smallest absolute Gasteiger partial charge is 0.0717 e. The summed E-state index contributed by atoms with van der Waals surface area (Å²) < 4.78 is 5.96. The van der Waals surface area contributed by atoms with Crippen molar-refractivity contribution in [2.75, 3.05) is 12.4 Å². The highest BCUT2D eigenvalue weighted by Gasteiger charge is 2.29. The van der Waals surface area contributed by atoms with Gasteiger partial charge in [0.15, 0.2) is 0 Å². The van der Waals surface area contributed by atoms with Crippen molar-refractivity contribution < 1.29 is 4.74 Å². The van der Waals surface area contributed by atoms with Crippen molar-refractivity contribution in [2.45, 2.75) is 45.1 Å². The topological polar surface area (TPSA) is 9.23 Å². The molecule has 1 saturated carbocycles. The Labute approximate surface area is 127 Å². The van der Waals surface area contributed by atoms with Gasteiger partial charge >= 0.3 is 0 Å². The number of rotatable bonds is 5. The average molecular weight is 299 g/mol. The Morgan fingerprint density at radius 3 is 2.53 bits per heavy atom. The second kappa shape index (κ2) is 7.56. The Bertz CT molecular complexity index is 386. The molecular weight excluding hydrogens is 276 g/mol. The van der Waals surface area contributed by atoms with Gasteiger partial charge in [0.25, 0.3) is 0 Å². The highest BCUT2D eigenvalue weighted by Crippen LogP contribution is 2.36. The second-order valence-corrected chi connectivity index (χ2v) is 6.45. The second-order valence-electron chi connectivity index (χ2n) is 5.70. The minimum atomic E-state index is 0.290. The van der Waals surface area contributed by atoms with Crippen molar-refractivity contribution in [1.82, 2.24) is 0 Å². The van der Waals surface area contributed by atoms with Crippen LogP contribution in [0, 0.1) is 5.41 Å². The molecule has 1 aliphatic carbocycles. The molecule has 0 N–H and O–H groups in total. The number of hydrogen-bond acceptors (Lipinski definition) is 2. The molecule has 0 atom stereocenters. The molecule has 0 aliphatic heterocycles. The molecule has 1 aliphatic rings. The molecule has 2 rings (SSSR count). The van der Waals surface area contributed by atoms with E-state index in [0.717, 1.165) is 22.9 Å². The zero-order valence-corrected chi connectivity index (χ0v) is 13.1. The van der Waals surface area contributed by atoms with Crippen LogP contribution in [0.3, 0.4) is 0 Å². The Morgan fingerprint density at radius 2 is 1.89 bits per heavy atom. The summed E-state index contributed by atoms with van der Waals surface area (Å²) in [5.74, 6) is 0.933. The van der Waals surface area contributed by atoms with Gasteiger partial charge in [0, 0.05) is 10.4 Å². The summed E-state index contributed by atoms with van der Waals surface area (Å²) >= 11 is 10.6. The van der Waals surface area contributed by atoms with E-state index in [0.29, 0.717) is 6.61 Å². The van der Waals surface area contributed by atoms with Crippen LogP contribution in [0.1, 0.15) is 44.1 Å². The Kier molecular flexibility index (Phi) is 6.06. The van der Waals surface area contributed by atoms with Gasteiger partial charge in [0.05, 0.1) is 13.2 Å². The van der Waals surface area contributed by atoms with Crippen LogP contribution in [0.25, 0.3) is 0 Å². The third-order valence-corrected chi connectivity index (χ3v) is 4.97. The molecule has 0 amide bonds. The van der Waals surface area contributed by atoms with Crippen LogP contribution in [-0.2, 0) is 11.3 Å². The predicted octanol–water partition coefficient (Wildman–Crippen LogP) is 5.13. The molecule has 0 radical (unpaired) electrons. The van der Waals surface area contributed by atoms with Gasteiger partial charge in [-0.3, -0.25) is 0 Å². The normalized spacial score (nSPS) is 19.1. The standard InChI is InChI=1S/C16H23ClOS/c17-15-7-5-6-14(10-15)11-18-12-16(13-19)8-3-1-2-4-9-16/h5-7,10,19H,1-4,8-9,11-13H2. The van der Waals surface area contributed by atoms with Crippen molar-refractivity contribution in [3.8, 4) is 0 Å².